The largest absolute Gasteiger partial charge is 0.481 e. The molecule has 13 heteroatoms. The third kappa shape index (κ3) is 5.19. The van der Waals surface area contributed by atoms with Crippen LogP contribution < -0.4 is 11.5 Å². The van der Waals surface area contributed by atoms with Crippen molar-refractivity contribution < 1.29 is 39.2 Å². The molecule has 0 aliphatic carbocycles. The number of ether oxygens (including phenoxy) is 2. The van der Waals surface area contributed by atoms with Crippen LogP contribution in [0.2, 0.25) is 0 Å². The Labute approximate surface area is 152 Å². The van der Waals surface area contributed by atoms with Gasteiger partial charge in [-0.3, -0.25) is 14.4 Å². The van der Waals surface area contributed by atoms with E-state index in [0.717, 1.165) is 11.0 Å². The minimum absolute atomic E-state index is 0.121. The fraction of sp³-hybridized carbons (Fsp3) is 0.643. The minimum Gasteiger partial charge on any atom is -0.481 e. The lowest BCUT2D eigenvalue weighted by Crippen LogP contribution is -2.38. The predicted molar refractivity (Wildman–Crippen MR) is 84.9 cm³/mol. The molecule has 0 radical (unpaired) electrons. The number of esters is 1. The first kappa shape index (κ1) is 20.7. The molecule has 5 atom stereocenters. The second-order valence-corrected chi connectivity index (χ2v) is 5.98. The lowest BCUT2D eigenvalue weighted by molar-refractivity contribution is -0.152. The molecule has 1 aliphatic rings. The highest BCUT2D eigenvalue weighted by Gasteiger charge is 2.45. The number of aromatic nitrogens is 3. The van der Waals surface area contributed by atoms with Crippen LogP contribution in [-0.2, 0) is 19.1 Å². The summed E-state index contributed by atoms with van der Waals surface area (Å²) >= 11 is 0. The molecule has 0 unspecified atom stereocenters. The number of carbonyl (C=O) groups is 3. The zero-order chi connectivity index (χ0) is 20.1. The van der Waals surface area contributed by atoms with E-state index in [-0.39, 0.29) is 25.1 Å². The highest BCUT2D eigenvalue weighted by atomic mass is 16.6. The lowest BCUT2D eigenvalue weighted by Gasteiger charge is -2.16. The molecule has 1 amide bonds. The van der Waals surface area contributed by atoms with Gasteiger partial charge in [-0.1, -0.05) is 0 Å². The van der Waals surface area contributed by atoms with Gasteiger partial charge >= 0.3 is 11.9 Å². The summed E-state index contributed by atoms with van der Waals surface area (Å²) in [6.45, 7) is -0.391. The molecule has 1 fully saturated rings. The van der Waals surface area contributed by atoms with E-state index in [1.165, 1.54) is 0 Å². The van der Waals surface area contributed by atoms with E-state index in [1.54, 1.807) is 0 Å². The normalized spacial score (nSPS) is 25.9. The van der Waals surface area contributed by atoms with Gasteiger partial charge in [0.2, 0.25) is 5.82 Å². The molecule has 13 nitrogen and oxygen atoms in total. The van der Waals surface area contributed by atoms with Gasteiger partial charge in [-0.15, -0.1) is 5.10 Å². The van der Waals surface area contributed by atoms with Crippen LogP contribution in [0.15, 0.2) is 6.33 Å². The Hall–Kier alpha value is -2.61. The van der Waals surface area contributed by atoms with Crippen molar-refractivity contribution in [3.05, 3.63) is 12.2 Å². The molecule has 2 rings (SSSR count). The van der Waals surface area contributed by atoms with E-state index in [0.29, 0.717) is 0 Å². The number of carboxylic acid groups (broad SMARTS) is 1. The van der Waals surface area contributed by atoms with Crippen molar-refractivity contribution in [3.8, 4) is 0 Å². The van der Waals surface area contributed by atoms with Gasteiger partial charge in [0.1, 0.15) is 37.3 Å². The molecule has 0 saturated carbocycles. The van der Waals surface area contributed by atoms with E-state index in [1.807, 2.05) is 0 Å². The molecule has 1 aromatic heterocycles. The number of amides is 1. The Morgan fingerprint density at radius 3 is 2.63 bits per heavy atom. The number of aliphatic hydroxyl groups is 2. The van der Waals surface area contributed by atoms with Crippen LogP contribution in [-0.4, -0.2) is 78.9 Å². The maximum Gasteiger partial charge on any atom is 0.323 e. The number of aliphatic carboxylic acids is 1. The Morgan fingerprint density at radius 1 is 1.33 bits per heavy atom. The van der Waals surface area contributed by atoms with Crippen molar-refractivity contribution in [1.82, 2.24) is 14.8 Å². The molecule has 27 heavy (non-hydrogen) atoms. The highest BCUT2D eigenvalue weighted by Crippen LogP contribution is 2.29. The molecule has 1 saturated heterocycles. The first-order valence-corrected chi connectivity index (χ1v) is 8.07. The summed E-state index contributed by atoms with van der Waals surface area (Å²) in [5.41, 5.74) is 10.7. The zero-order valence-electron chi connectivity index (χ0n) is 14.2. The SMILES string of the molecule is NC(=O)c1ncn([C@@H]2O[C@H](COC(=O)[C@@H](N)CCCC(=O)O)[C@@H](O)[C@H]2O)n1. The molecule has 7 N–H and O–H groups in total. The number of nitrogens with zero attached hydrogens (tertiary/aromatic N) is 3. The molecule has 0 aromatic carbocycles. The highest BCUT2D eigenvalue weighted by molar-refractivity contribution is 5.88. The summed E-state index contributed by atoms with van der Waals surface area (Å²) in [6, 6.07) is -1.02. The fourth-order valence-electron chi connectivity index (χ4n) is 2.46. The number of nitrogens with two attached hydrogens (primary N) is 2. The van der Waals surface area contributed by atoms with Crippen LogP contribution in [0.1, 0.15) is 36.1 Å². The maximum atomic E-state index is 11.8. The van der Waals surface area contributed by atoms with Gasteiger partial charge in [0.15, 0.2) is 6.23 Å². The molecular formula is C14H21N5O8. The Bertz CT molecular complexity index is 695. The van der Waals surface area contributed by atoms with Crippen molar-refractivity contribution in [2.24, 2.45) is 11.5 Å². The fourth-order valence-corrected chi connectivity index (χ4v) is 2.46. The average molecular weight is 387 g/mol. The topological polar surface area (TPSA) is 213 Å². The summed E-state index contributed by atoms with van der Waals surface area (Å²) in [5.74, 6) is -2.94. The van der Waals surface area contributed by atoms with Gasteiger partial charge in [-0.05, 0) is 12.8 Å². The summed E-state index contributed by atoms with van der Waals surface area (Å²) in [5, 5.41) is 32.4. The smallest absolute Gasteiger partial charge is 0.323 e. The lowest BCUT2D eigenvalue weighted by atomic mass is 10.1. The number of carbonyl (C=O) groups excluding carboxylic acids is 2. The van der Waals surface area contributed by atoms with Crippen LogP contribution in [0.5, 0.6) is 0 Å². The summed E-state index contributed by atoms with van der Waals surface area (Å²) < 4.78 is 11.4. The van der Waals surface area contributed by atoms with Crippen molar-refractivity contribution in [1.29, 1.82) is 0 Å². The quantitative estimate of drug-likeness (QED) is 0.271. The Kier molecular flexibility index (Phi) is 6.79. The molecule has 0 bridgehead atoms. The number of hydrogen-bond acceptors (Lipinski definition) is 10. The van der Waals surface area contributed by atoms with Gasteiger partial charge in [0, 0.05) is 6.42 Å². The standard InChI is InChI=1S/C14H21N5O8/c15-6(2-1-3-8(20)21)14(25)26-4-7-9(22)10(23)13(27-7)19-5-17-12(18-19)11(16)24/h5-7,9-10,13,22-23H,1-4,15H2,(H2,16,24)(H,20,21)/t6-,7+,9+,10+,13+/m0/s1. The van der Waals surface area contributed by atoms with E-state index in [9.17, 15) is 24.6 Å². The predicted octanol–water partition coefficient (Wildman–Crippen LogP) is -2.88. The number of rotatable bonds is 9. The number of hydrogen-bond donors (Lipinski definition) is 5. The van der Waals surface area contributed by atoms with Crippen molar-refractivity contribution in [2.75, 3.05) is 6.61 Å². The van der Waals surface area contributed by atoms with Crippen LogP contribution in [0.25, 0.3) is 0 Å². The van der Waals surface area contributed by atoms with Crippen LogP contribution >= 0.6 is 0 Å². The van der Waals surface area contributed by atoms with Gasteiger partial charge < -0.3 is 36.3 Å². The molecule has 2 heterocycles. The van der Waals surface area contributed by atoms with Gasteiger partial charge in [-0.2, -0.15) is 0 Å². The third-order valence-electron chi connectivity index (χ3n) is 3.93. The number of aliphatic hydroxyl groups excluding tert-OH is 2. The van der Waals surface area contributed by atoms with Crippen molar-refractivity contribution in [2.45, 2.75) is 49.8 Å². The van der Waals surface area contributed by atoms with Crippen LogP contribution in [0, 0.1) is 0 Å². The van der Waals surface area contributed by atoms with E-state index in [2.05, 4.69) is 10.1 Å². The van der Waals surface area contributed by atoms with E-state index >= 15 is 0 Å². The molecule has 1 aliphatic heterocycles. The third-order valence-corrected chi connectivity index (χ3v) is 3.93. The van der Waals surface area contributed by atoms with Gasteiger partial charge in [0.05, 0.1) is 0 Å². The second kappa shape index (κ2) is 8.85. The van der Waals surface area contributed by atoms with E-state index in [4.69, 9.17) is 26.0 Å². The second-order valence-electron chi connectivity index (χ2n) is 5.98. The van der Waals surface area contributed by atoms with E-state index < -0.39 is 55.0 Å². The monoisotopic (exact) mass is 387 g/mol. The molecule has 150 valence electrons. The van der Waals surface area contributed by atoms with Crippen LogP contribution in [0.3, 0.4) is 0 Å². The number of primary amides is 1. The van der Waals surface area contributed by atoms with Gasteiger partial charge in [0.25, 0.3) is 5.91 Å². The summed E-state index contributed by atoms with van der Waals surface area (Å²) in [6.07, 6.45) is -3.72. The average Bonchev–Trinajstić information content (AvgIpc) is 3.19. The van der Waals surface area contributed by atoms with Crippen molar-refractivity contribution >= 4 is 17.8 Å². The molecule has 1 aromatic rings. The maximum absolute atomic E-state index is 11.8. The first-order valence-electron chi connectivity index (χ1n) is 8.07. The summed E-state index contributed by atoms with van der Waals surface area (Å²) in [4.78, 5) is 36.9. The Morgan fingerprint density at radius 2 is 2.04 bits per heavy atom. The van der Waals surface area contributed by atoms with Gasteiger partial charge in [-0.25, -0.2) is 9.67 Å². The van der Waals surface area contributed by atoms with Crippen LogP contribution in [0.4, 0.5) is 0 Å². The molecular weight excluding hydrogens is 366 g/mol. The summed E-state index contributed by atoms with van der Waals surface area (Å²) in [7, 11) is 0. The zero-order valence-corrected chi connectivity index (χ0v) is 14.2. The first-order chi connectivity index (χ1) is 12.7. The Balaban J connectivity index is 1.87. The van der Waals surface area contributed by atoms with Crippen molar-refractivity contribution in [3.63, 3.8) is 0 Å². The molecule has 0 spiro atoms. The minimum atomic E-state index is -1.42. The number of carboxylic acids is 1.